The molecule has 0 atom stereocenters. The Labute approximate surface area is 180 Å². The number of halogens is 3. The van der Waals surface area contributed by atoms with Crippen LogP contribution < -0.4 is 14.8 Å². The maximum atomic E-state index is 13.2. The third-order valence-electron chi connectivity index (χ3n) is 4.33. The zero-order valence-electron chi connectivity index (χ0n) is 16.5. The van der Waals surface area contributed by atoms with Crippen molar-refractivity contribution >= 4 is 27.5 Å². The summed E-state index contributed by atoms with van der Waals surface area (Å²) in [5.74, 6) is 0.950. The van der Waals surface area contributed by atoms with Gasteiger partial charge >= 0.3 is 0 Å². The zero-order chi connectivity index (χ0) is 20.4. The van der Waals surface area contributed by atoms with E-state index in [0.717, 1.165) is 28.7 Å². The predicted molar refractivity (Wildman–Crippen MR) is 117 cm³/mol. The summed E-state index contributed by atoms with van der Waals surface area (Å²) in [6.07, 6.45) is 4.97. The summed E-state index contributed by atoms with van der Waals surface area (Å²) in [5, 5.41) is 3.83. The molecule has 0 aliphatic heterocycles. The fourth-order valence-electron chi connectivity index (χ4n) is 2.79. The zero-order valence-corrected chi connectivity index (χ0v) is 18.8. The smallest absolute Gasteiger partial charge is 0.162 e. The highest BCUT2D eigenvalue weighted by atomic mass is 79.9. The minimum Gasteiger partial charge on any atom is -0.490 e. The van der Waals surface area contributed by atoms with Gasteiger partial charge in [-0.2, -0.15) is 0 Å². The van der Waals surface area contributed by atoms with Gasteiger partial charge in [-0.25, -0.2) is 4.39 Å². The van der Waals surface area contributed by atoms with Crippen LogP contribution in [0.25, 0.3) is 0 Å². The lowest BCUT2D eigenvalue weighted by molar-refractivity contribution is 0.268. The average Bonchev–Trinajstić information content (AvgIpc) is 2.66. The van der Waals surface area contributed by atoms with Gasteiger partial charge in [0.15, 0.2) is 11.5 Å². The van der Waals surface area contributed by atoms with Crippen LogP contribution in [0.3, 0.4) is 0 Å². The van der Waals surface area contributed by atoms with Crippen LogP contribution in [0.1, 0.15) is 50.7 Å². The highest BCUT2D eigenvalue weighted by molar-refractivity contribution is 9.10. The normalized spacial score (nSPS) is 10.9. The molecule has 0 unspecified atom stereocenters. The lowest BCUT2D eigenvalue weighted by Gasteiger charge is -2.16. The van der Waals surface area contributed by atoms with Gasteiger partial charge in [0.25, 0.3) is 0 Å². The number of ether oxygens (including phenoxy) is 2. The van der Waals surface area contributed by atoms with E-state index >= 15 is 0 Å². The first kappa shape index (κ1) is 23.0. The molecule has 0 aliphatic carbocycles. The fourth-order valence-corrected chi connectivity index (χ4v) is 3.47. The molecule has 28 heavy (non-hydrogen) atoms. The van der Waals surface area contributed by atoms with Crippen molar-refractivity contribution in [1.29, 1.82) is 0 Å². The summed E-state index contributed by atoms with van der Waals surface area (Å²) in [5.41, 5.74) is 1.84. The Hall–Kier alpha value is -1.30. The van der Waals surface area contributed by atoms with Crippen molar-refractivity contribution in [2.75, 3.05) is 13.2 Å². The molecule has 0 aliphatic rings. The minimum atomic E-state index is -0.363. The summed E-state index contributed by atoms with van der Waals surface area (Å²) in [7, 11) is 0. The minimum absolute atomic E-state index is 0.237. The van der Waals surface area contributed by atoms with Gasteiger partial charge in [0.2, 0.25) is 0 Å². The molecule has 3 nitrogen and oxygen atoms in total. The van der Waals surface area contributed by atoms with Gasteiger partial charge in [-0.1, -0.05) is 59.8 Å². The predicted octanol–water partition coefficient (Wildman–Crippen LogP) is 6.89. The molecule has 0 aromatic heterocycles. The van der Waals surface area contributed by atoms with E-state index < -0.39 is 0 Å². The SMILES string of the molecule is CCCCCCNCc1cc(OCC)c(OCc2ccc(F)cc2Cl)cc1Br. The van der Waals surface area contributed by atoms with Gasteiger partial charge in [0.05, 0.1) is 11.6 Å². The molecule has 0 heterocycles. The standard InChI is InChI=1S/C22H28BrClFNO2/c1-3-5-6-7-10-26-14-17-11-21(27-4-2)22(13-19(17)23)28-15-16-8-9-18(25)12-20(16)24/h8-9,11-13,26H,3-7,10,14-15H2,1-2H3. The van der Waals surface area contributed by atoms with Crippen molar-refractivity contribution in [3.05, 3.63) is 56.8 Å². The largest absolute Gasteiger partial charge is 0.490 e. The lowest BCUT2D eigenvalue weighted by atomic mass is 10.1. The van der Waals surface area contributed by atoms with Gasteiger partial charge in [0.1, 0.15) is 12.4 Å². The van der Waals surface area contributed by atoms with Crippen molar-refractivity contribution in [2.24, 2.45) is 0 Å². The first-order valence-corrected chi connectivity index (χ1v) is 10.9. The molecular weight excluding hydrogens is 445 g/mol. The Balaban J connectivity index is 2.02. The van der Waals surface area contributed by atoms with Crippen LogP contribution in [-0.4, -0.2) is 13.2 Å². The fraction of sp³-hybridized carbons (Fsp3) is 0.455. The number of benzene rings is 2. The summed E-state index contributed by atoms with van der Waals surface area (Å²) in [6, 6.07) is 8.20. The Morgan fingerprint density at radius 3 is 2.50 bits per heavy atom. The molecule has 0 radical (unpaired) electrons. The number of nitrogens with one attached hydrogen (secondary N) is 1. The lowest BCUT2D eigenvalue weighted by Crippen LogP contribution is -2.15. The molecule has 0 fully saturated rings. The Morgan fingerprint density at radius 1 is 1.00 bits per heavy atom. The van der Waals surface area contributed by atoms with Gasteiger partial charge in [-0.15, -0.1) is 0 Å². The quantitative estimate of drug-likeness (QED) is 0.341. The van der Waals surface area contributed by atoms with E-state index in [1.165, 1.54) is 37.8 Å². The Morgan fingerprint density at radius 2 is 1.79 bits per heavy atom. The summed E-state index contributed by atoms with van der Waals surface area (Å²) >= 11 is 9.71. The van der Waals surface area contributed by atoms with E-state index in [0.29, 0.717) is 23.1 Å². The highest BCUT2D eigenvalue weighted by Crippen LogP contribution is 2.35. The second-order valence-corrected chi connectivity index (χ2v) is 7.85. The number of rotatable bonds is 12. The molecule has 2 aromatic carbocycles. The van der Waals surface area contributed by atoms with Crippen molar-refractivity contribution in [1.82, 2.24) is 5.32 Å². The first-order chi connectivity index (χ1) is 13.5. The average molecular weight is 473 g/mol. The van der Waals surface area contributed by atoms with E-state index in [1.807, 2.05) is 19.1 Å². The van der Waals surface area contributed by atoms with Crippen LogP contribution in [0.2, 0.25) is 5.02 Å². The van der Waals surface area contributed by atoms with Crippen LogP contribution in [-0.2, 0) is 13.2 Å². The maximum Gasteiger partial charge on any atom is 0.162 e. The molecule has 6 heteroatoms. The molecule has 0 amide bonds. The Kier molecular flexibility index (Phi) is 10.1. The molecule has 0 saturated heterocycles. The molecule has 0 spiro atoms. The number of hydrogen-bond donors (Lipinski definition) is 1. The summed E-state index contributed by atoms with van der Waals surface area (Å²) < 4.78 is 25.8. The van der Waals surface area contributed by atoms with Crippen LogP contribution in [0.4, 0.5) is 4.39 Å². The van der Waals surface area contributed by atoms with Gasteiger partial charge in [-0.05, 0) is 49.7 Å². The molecule has 0 bridgehead atoms. The second-order valence-electron chi connectivity index (χ2n) is 6.59. The number of unbranched alkanes of at least 4 members (excludes halogenated alkanes) is 3. The van der Waals surface area contributed by atoms with E-state index in [9.17, 15) is 4.39 Å². The van der Waals surface area contributed by atoms with Gasteiger partial charge in [-0.3, -0.25) is 0 Å². The number of hydrogen-bond acceptors (Lipinski definition) is 3. The molecular formula is C22H28BrClFNO2. The van der Waals surface area contributed by atoms with E-state index in [2.05, 4.69) is 28.2 Å². The summed E-state index contributed by atoms with van der Waals surface area (Å²) in [4.78, 5) is 0. The summed E-state index contributed by atoms with van der Waals surface area (Å²) in [6.45, 7) is 6.69. The third-order valence-corrected chi connectivity index (χ3v) is 5.42. The monoisotopic (exact) mass is 471 g/mol. The topological polar surface area (TPSA) is 30.5 Å². The van der Waals surface area contributed by atoms with Crippen molar-refractivity contribution in [2.45, 2.75) is 52.7 Å². The Bertz CT molecular complexity index is 758. The first-order valence-electron chi connectivity index (χ1n) is 9.77. The van der Waals surface area contributed by atoms with Crippen molar-refractivity contribution in [3.8, 4) is 11.5 Å². The maximum absolute atomic E-state index is 13.2. The van der Waals surface area contributed by atoms with Gasteiger partial charge in [0, 0.05) is 16.6 Å². The molecule has 154 valence electrons. The van der Waals surface area contributed by atoms with Crippen LogP contribution in [0.15, 0.2) is 34.8 Å². The van der Waals surface area contributed by atoms with Gasteiger partial charge < -0.3 is 14.8 Å². The second kappa shape index (κ2) is 12.3. The highest BCUT2D eigenvalue weighted by Gasteiger charge is 2.12. The van der Waals surface area contributed by atoms with Crippen LogP contribution in [0, 0.1) is 5.82 Å². The van der Waals surface area contributed by atoms with Crippen molar-refractivity contribution < 1.29 is 13.9 Å². The van der Waals surface area contributed by atoms with Crippen LogP contribution in [0.5, 0.6) is 11.5 Å². The molecule has 0 saturated carbocycles. The van der Waals surface area contributed by atoms with E-state index in [-0.39, 0.29) is 12.4 Å². The molecule has 1 N–H and O–H groups in total. The molecule has 2 rings (SSSR count). The van der Waals surface area contributed by atoms with E-state index in [4.69, 9.17) is 21.1 Å². The van der Waals surface area contributed by atoms with E-state index in [1.54, 1.807) is 6.07 Å². The van der Waals surface area contributed by atoms with Crippen molar-refractivity contribution in [3.63, 3.8) is 0 Å². The molecule has 2 aromatic rings. The van der Waals surface area contributed by atoms with Crippen LogP contribution >= 0.6 is 27.5 Å². The third kappa shape index (κ3) is 7.26.